The maximum Gasteiger partial charge on any atom is 0.336 e. The minimum atomic E-state index is -0.375. The van der Waals surface area contributed by atoms with Gasteiger partial charge in [0.25, 0.3) is 0 Å². The first-order chi connectivity index (χ1) is 11.3. The largest absolute Gasteiger partial charge is 0.480 e. The second-order valence-electron chi connectivity index (χ2n) is 4.88. The third-order valence-corrected chi connectivity index (χ3v) is 3.35. The number of fused-ring (bicyclic) bond motifs is 1. The number of hydrogen-bond donors (Lipinski definition) is 0. The molecule has 3 nitrogen and oxygen atoms in total. The summed E-state index contributed by atoms with van der Waals surface area (Å²) in [6.07, 6.45) is 9.00. The fourth-order valence-corrected chi connectivity index (χ4v) is 2.32. The zero-order valence-electron chi connectivity index (χ0n) is 12.4. The summed E-state index contributed by atoms with van der Waals surface area (Å²) < 4.78 is 10.7. The lowest BCUT2D eigenvalue weighted by Crippen LogP contribution is -1.97. The minimum absolute atomic E-state index is 0.211. The van der Waals surface area contributed by atoms with Crippen LogP contribution in [0.3, 0.4) is 0 Å². The van der Waals surface area contributed by atoms with Crippen molar-refractivity contribution in [3.05, 3.63) is 76.1 Å². The Hall–Kier alpha value is -3.25. The summed E-state index contributed by atoms with van der Waals surface area (Å²) in [6.45, 7) is 0.211. The lowest BCUT2D eigenvalue weighted by molar-refractivity contribution is 0.369. The number of rotatable bonds is 4. The minimum Gasteiger partial charge on any atom is -0.480 e. The molecule has 1 heterocycles. The van der Waals surface area contributed by atoms with Gasteiger partial charge in [-0.3, -0.25) is 0 Å². The molecule has 2 aromatic carbocycles. The first-order valence-corrected chi connectivity index (χ1v) is 7.14. The smallest absolute Gasteiger partial charge is 0.336 e. The zero-order valence-corrected chi connectivity index (χ0v) is 12.4. The first-order valence-electron chi connectivity index (χ1n) is 7.14. The van der Waals surface area contributed by atoms with Crippen LogP contribution in [0.5, 0.6) is 5.75 Å². The summed E-state index contributed by atoms with van der Waals surface area (Å²) in [5.41, 5.74) is 1.88. The van der Waals surface area contributed by atoms with Gasteiger partial charge in [-0.1, -0.05) is 54.5 Å². The van der Waals surface area contributed by atoms with Crippen molar-refractivity contribution < 1.29 is 9.15 Å². The van der Waals surface area contributed by atoms with Crippen molar-refractivity contribution in [3.8, 4) is 18.1 Å². The average molecular weight is 302 g/mol. The molecule has 0 saturated carbocycles. The maximum absolute atomic E-state index is 11.7. The van der Waals surface area contributed by atoms with Crippen molar-refractivity contribution in [1.82, 2.24) is 0 Å². The molecule has 0 aliphatic carbocycles. The van der Waals surface area contributed by atoms with Crippen molar-refractivity contribution in [1.29, 1.82) is 0 Å². The second-order valence-corrected chi connectivity index (χ2v) is 4.88. The van der Waals surface area contributed by atoms with Crippen LogP contribution in [0.15, 0.2) is 63.8 Å². The van der Waals surface area contributed by atoms with Crippen LogP contribution in [-0.2, 0) is 0 Å². The second kappa shape index (κ2) is 6.67. The summed E-state index contributed by atoms with van der Waals surface area (Å²) in [5, 5.41) is 0.880. The predicted octanol–water partition coefficient (Wildman–Crippen LogP) is 3.98. The van der Waals surface area contributed by atoms with Gasteiger partial charge in [0.2, 0.25) is 0 Å². The fraction of sp³-hybridized carbons (Fsp3) is 0.0500. The highest BCUT2D eigenvalue weighted by atomic mass is 16.5. The molecular weight excluding hydrogens is 288 g/mol. The van der Waals surface area contributed by atoms with Crippen LogP contribution in [0.4, 0.5) is 0 Å². The van der Waals surface area contributed by atoms with Crippen molar-refractivity contribution in [3.63, 3.8) is 0 Å². The van der Waals surface area contributed by atoms with Crippen LogP contribution in [-0.4, -0.2) is 6.61 Å². The van der Waals surface area contributed by atoms with Gasteiger partial charge < -0.3 is 9.15 Å². The quantitative estimate of drug-likeness (QED) is 0.540. The van der Waals surface area contributed by atoms with Crippen LogP contribution in [0.2, 0.25) is 0 Å². The van der Waals surface area contributed by atoms with E-state index in [2.05, 4.69) is 5.92 Å². The highest BCUT2D eigenvalue weighted by molar-refractivity contribution is 5.89. The molecule has 1 aromatic heterocycles. The van der Waals surface area contributed by atoms with E-state index in [9.17, 15) is 4.79 Å². The van der Waals surface area contributed by atoms with Crippen LogP contribution in [0.25, 0.3) is 23.1 Å². The van der Waals surface area contributed by atoms with E-state index in [-0.39, 0.29) is 12.2 Å². The molecule has 3 rings (SSSR count). The molecule has 0 aliphatic rings. The van der Waals surface area contributed by atoms with Gasteiger partial charge in [0.15, 0.2) is 0 Å². The number of terminal acetylenes is 1. The molecule has 0 spiro atoms. The Morgan fingerprint density at radius 2 is 1.78 bits per heavy atom. The van der Waals surface area contributed by atoms with Gasteiger partial charge in [0.05, 0.1) is 0 Å². The summed E-state index contributed by atoms with van der Waals surface area (Å²) in [4.78, 5) is 11.7. The average Bonchev–Trinajstić information content (AvgIpc) is 2.58. The Bertz CT molecular complexity index is 958. The van der Waals surface area contributed by atoms with Crippen molar-refractivity contribution in [2.45, 2.75) is 0 Å². The number of benzene rings is 2. The Morgan fingerprint density at radius 1 is 1.04 bits per heavy atom. The molecule has 0 amide bonds. The van der Waals surface area contributed by atoms with E-state index < -0.39 is 0 Å². The van der Waals surface area contributed by atoms with E-state index in [0.29, 0.717) is 11.3 Å². The third-order valence-electron chi connectivity index (χ3n) is 3.35. The summed E-state index contributed by atoms with van der Waals surface area (Å²) in [7, 11) is 0. The van der Waals surface area contributed by atoms with E-state index in [1.54, 1.807) is 6.07 Å². The molecule has 0 aliphatic heterocycles. The van der Waals surface area contributed by atoms with E-state index >= 15 is 0 Å². The molecule has 0 atom stereocenters. The van der Waals surface area contributed by atoms with Gasteiger partial charge in [0, 0.05) is 17.0 Å². The molecule has 3 heteroatoms. The zero-order chi connectivity index (χ0) is 16.1. The van der Waals surface area contributed by atoms with E-state index in [4.69, 9.17) is 15.6 Å². The Balaban J connectivity index is 2.01. The Labute approximate surface area is 133 Å². The van der Waals surface area contributed by atoms with Gasteiger partial charge in [-0.25, -0.2) is 4.79 Å². The predicted molar refractivity (Wildman–Crippen MR) is 92.2 cm³/mol. The lowest BCUT2D eigenvalue weighted by Gasteiger charge is -2.06. The highest BCUT2D eigenvalue weighted by Gasteiger charge is 2.03. The molecule has 0 fully saturated rings. The summed E-state index contributed by atoms with van der Waals surface area (Å²) >= 11 is 0. The molecule has 0 saturated heterocycles. The molecule has 0 bridgehead atoms. The van der Waals surface area contributed by atoms with Crippen molar-refractivity contribution in [2.24, 2.45) is 0 Å². The van der Waals surface area contributed by atoms with Gasteiger partial charge in [-0.15, -0.1) is 6.42 Å². The van der Waals surface area contributed by atoms with Crippen molar-refractivity contribution in [2.75, 3.05) is 6.61 Å². The third kappa shape index (κ3) is 3.33. The van der Waals surface area contributed by atoms with Gasteiger partial charge in [-0.2, -0.15) is 0 Å². The van der Waals surface area contributed by atoms with Crippen LogP contribution in [0.1, 0.15) is 11.1 Å². The van der Waals surface area contributed by atoms with Crippen LogP contribution < -0.4 is 10.4 Å². The first kappa shape index (κ1) is 14.7. The number of para-hydroxylation sites is 2. The monoisotopic (exact) mass is 302 g/mol. The molecule has 3 aromatic rings. The molecule has 0 unspecified atom stereocenters. The maximum atomic E-state index is 11.7. The Morgan fingerprint density at radius 3 is 2.65 bits per heavy atom. The Kier molecular flexibility index (Phi) is 4.26. The van der Waals surface area contributed by atoms with E-state index in [1.165, 1.54) is 6.07 Å². The lowest BCUT2D eigenvalue weighted by atomic mass is 10.1. The van der Waals surface area contributed by atoms with Crippen LogP contribution >= 0.6 is 0 Å². The van der Waals surface area contributed by atoms with E-state index in [1.807, 2.05) is 54.6 Å². The normalized spacial score (nSPS) is 10.7. The van der Waals surface area contributed by atoms with Gasteiger partial charge in [-0.05, 0) is 17.7 Å². The van der Waals surface area contributed by atoms with Gasteiger partial charge >= 0.3 is 5.63 Å². The van der Waals surface area contributed by atoms with Crippen molar-refractivity contribution >= 4 is 23.1 Å². The summed E-state index contributed by atoms with van der Waals surface area (Å²) in [5.74, 6) is 3.15. The molecule has 0 N–H and O–H groups in total. The fourth-order valence-electron chi connectivity index (χ4n) is 2.32. The number of hydrogen-bond acceptors (Lipinski definition) is 3. The van der Waals surface area contributed by atoms with Crippen LogP contribution in [0, 0.1) is 12.3 Å². The number of ether oxygens (including phenoxy) is 1. The highest BCUT2D eigenvalue weighted by Crippen LogP contribution is 2.23. The molecular formula is C20H14O3. The SMILES string of the molecule is C#CCOc1ccccc1/C=C/c1cc(=O)oc2ccccc12. The topological polar surface area (TPSA) is 39.4 Å². The van der Waals surface area contributed by atoms with E-state index in [0.717, 1.165) is 16.5 Å². The molecule has 23 heavy (non-hydrogen) atoms. The summed E-state index contributed by atoms with van der Waals surface area (Å²) in [6, 6.07) is 16.5. The molecule has 0 radical (unpaired) electrons. The molecule has 112 valence electrons. The van der Waals surface area contributed by atoms with Gasteiger partial charge in [0.1, 0.15) is 17.9 Å². The standard InChI is InChI=1S/C20H14O3/c1-2-13-22-18-9-5-3-7-15(18)11-12-16-14-20(21)23-19-10-6-4-8-17(16)19/h1,3-12,14H,13H2/b12-11+.